The number of fused-ring (bicyclic) bond motifs is 1. The van der Waals surface area contributed by atoms with Crippen molar-refractivity contribution in [1.82, 2.24) is 10.3 Å². The fourth-order valence-corrected chi connectivity index (χ4v) is 3.12. The predicted octanol–water partition coefficient (Wildman–Crippen LogP) is 3.16. The second kappa shape index (κ2) is 7.17. The topological polar surface area (TPSA) is 67.6 Å². The zero-order valence-corrected chi connectivity index (χ0v) is 14.6. The number of anilines is 1. The number of amides is 1. The number of nitrogens with one attached hydrogen (secondary N) is 1. The van der Waals surface area contributed by atoms with E-state index >= 15 is 0 Å². The van der Waals surface area contributed by atoms with Gasteiger partial charge in [0.25, 0.3) is 5.91 Å². The molecule has 0 saturated carbocycles. The molecule has 1 aliphatic rings. The van der Waals surface area contributed by atoms with Crippen LogP contribution in [0.2, 0.25) is 0 Å². The van der Waals surface area contributed by atoms with Crippen molar-refractivity contribution in [1.29, 1.82) is 0 Å². The Bertz CT molecular complexity index is 882. The number of para-hydroxylation sites is 1. The first-order valence-corrected chi connectivity index (χ1v) is 8.79. The van der Waals surface area contributed by atoms with E-state index < -0.39 is 0 Å². The molecule has 1 aromatic carbocycles. The van der Waals surface area contributed by atoms with Crippen molar-refractivity contribution in [3.63, 3.8) is 0 Å². The third-order valence-electron chi connectivity index (χ3n) is 4.57. The number of benzene rings is 1. The first-order valence-electron chi connectivity index (χ1n) is 8.79. The van der Waals surface area contributed by atoms with E-state index in [1.807, 2.05) is 49.4 Å². The van der Waals surface area contributed by atoms with Crippen molar-refractivity contribution < 1.29 is 13.9 Å². The van der Waals surface area contributed by atoms with Crippen molar-refractivity contribution in [2.24, 2.45) is 0 Å². The molecule has 0 spiro atoms. The molecule has 4 rings (SSSR count). The average Bonchev–Trinajstić information content (AvgIpc) is 3.13. The first kappa shape index (κ1) is 16.6. The van der Waals surface area contributed by atoms with E-state index in [0.29, 0.717) is 18.9 Å². The molecule has 0 radical (unpaired) electrons. The SMILES string of the molecule is C[C@@H](NC(=O)c1cc(N2CCOCC2)ccn1)c1cc2ccccc2o1. The molecule has 1 amide bonds. The van der Waals surface area contributed by atoms with Gasteiger partial charge in [0.05, 0.1) is 19.3 Å². The summed E-state index contributed by atoms with van der Waals surface area (Å²) in [4.78, 5) is 19.0. The lowest BCUT2D eigenvalue weighted by atomic mass is 10.2. The van der Waals surface area contributed by atoms with Gasteiger partial charge in [0.15, 0.2) is 0 Å². The maximum absolute atomic E-state index is 12.6. The molecule has 26 heavy (non-hydrogen) atoms. The molecule has 2 aromatic heterocycles. The molecule has 1 aliphatic heterocycles. The third-order valence-corrected chi connectivity index (χ3v) is 4.57. The summed E-state index contributed by atoms with van der Waals surface area (Å²) in [6, 6.07) is 13.3. The predicted molar refractivity (Wildman–Crippen MR) is 99.4 cm³/mol. The number of hydrogen-bond donors (Lipinski definition) is 1. The summed E-state index contributed by atoms with van der Waals surface area (Å²) < 4.78 is 11.2. The molecule has 3 aromatic rings. The third kappa shape index (κ3) is 3.41. The molecule has 134 valence electrons. The second-order valence-electron chi connectivity index (χ2n) is 6.38. The highest BCUT2D eigenvalue weighted by molar-refractivity contribution is 5.93. The number of carbonyl (C=O) groups is 1. The number of carbonyl (C=O) groups excluding carboxylic acids is 1. The molecular formula is C20H21N3O3. The van der Waals surface area contributed by atoms with Crippen LogP contribution in [-0.2, 0) is 4.74 Å². The fraction of sp³-hybridized carbons (Fsp3) is 0.300. The molecule has 6 nitrogen and oxygen atoms in total. The van der Waals surface area contributed by atoms with Crippen LogP contribution in [0.25, 0.3) is 11.0 Å². The largest absolute Gasteiger partial charge is 0.459 e. The van der Waals surface area contributed by atoms with Crippen LogP contribution in [0.4, 0.5) is 5.69 Å². The Labute approximate surface area is 151 Å². The van der Waals surface area contributed by atoms with Crippen LogP contribution in [0, 0.1) is 0 Å². The minimum absolute atomic E-state index is 0.215. The van der Waals surface area contributed by atoms with Crippen LogP contribution in [0.3, 0.4) is 0 Å². The minimum Gasteiger partial charge on any atom is -0.459 e. The van der Waals surface area contributed by atoms with Crippen molar-refractivity contribution in [3.8, 4) is 0 Å². The van der Waals surface area contributed by atoms with Gasteiger partial charge in [0, 0.05) is 30.4 Å². The highest BCUT2D eigenvalue weighted by atomic mass is 16.5. The van der Waals surface area contributed by atoms with Crippen LogP contribution in [-0.4, -0.2) is 37.2 Å². The van der Waals surface area contributed by atoms with Crippen LogP contribution in [0.1, 0.15) is 29.2 Å². The lowest BCUT2D eigenvalue weighted by molar-refractivity contribution is 0.0930. The number of nitrogens with zero attached hydrogens (tertiary/aromatic N) is 2. The highest BCUT2D eigenvalue weighted by Crippen LogP contribution is 2.24. The van der Waals surface area contributed by atoms with E-state index in [9.17, 15) is 4.79 Å². The van der Waals surface area contributed by atoms with Gasteiger partial charge in [0.2, 0.25) is 0 Å². The number of morpholine rings is 1. The molecule has 1 saturated heterocycles. The van der Waals surface area contributed by atoms with E-state index in [4.69, 9.17) is 9.15 Å². The Balaban J connectivity index is 1.48. The molecule has 1 atom stereocenters. The van der Waals surface area contributed by atoms with Gasteiger partial charge in [0.1, 0.15) is 17.0 Å². The van der Waals surface area contributed by atoms with E-state index in [-0.39, 0.29) is 11.9 Å². The van der Waals surface area contributed by atoms with Crippen molar-refractivity contribution in [3.05, 3.63) is 60.1 Å². The number of aromatic nitrogens is 1. The molecule has 0 bridgehead atoms. The molecule has 0 unspecified atom stereocenters. The second-order valence-corrected chi connectivity index (χ2v) is 6.38. The fourth-order valence-electron chi connectivity index (χ4n) is 3.12. The van der Waals surface area contributed by atoms with Gasteiger partial charge in [-0.15, -0.1) is 0 Å². The van der Waals surface area contributed by atoms with Crippen molar-refractivity contribution >= 4 is 22.6 Å². The summed E-state index contributed by atoms with van der Waals surface area (Å²) >= 11 is 0. The van der Waals surface area contributed by atoms with Gasteiger partial charge >= 0.3 is 0 Å². The molecular weight excluding hydrogens is 330 g/mol. The molecule has 6 heteroatoms. The summed E-state index contributed by atoms with van der Waals surface area (Å²) in [5.74, 6) is 0.511. The maximum Gasteiger partial charge on any atom is 0.270 e. The van der Waals surface area contributed by atoms with Gasteiger partial charge in [-0.1, -0.05) is 18.2 Å². The summed E-state index contributed by atoms with van der Waals surface area (Å²) in [5, 5.41) is 3.99. The summed E-state index contributed by atoms with van der Waals surface area (Å²) in [6.45, 7) is 4.95. The van der Waals surface area contributed by atoms with Crippen molar-refractivity contribution in [2.45, 2.75) is 13.0 Å². The Hall–Kier alpha value is -2.86. The van der Waals surface area contributed by atoms with E-state index in [2.05, 4.69) is 15.2 Å². The zero-order valence-electron chi connectivity index (χ0n) is 14.6. The molecule has 0 aliphatic carbocycles. The summed E-state index contributed by atoms with van der Waals surface area (Å²) in [7, 11) is 0. The number of hydrogen-bond acceptors (Lipinski definition) is 5. The normalized spacial score (nSPS) is 15.8. The lowest BCUT2D eigenvalue weighted by Gasteiger charge is -2.28. The number of pyridine rings is 1. The monoisotopic (exact) mass is 351 g/mol. The average molecular weight is 351 g/mol. The summed E-state index contributed by atoms with van der Waals surface area (Å²) in [6.07, 6.45) is 1.67. The van der Waals surface area contributed by atoms with Gasteiger partial charge in [-0.25, -0.2) is 0 Å². The number of ether oxygens (including phenoxy) is 1. The van der Waals surface area contributed by atoms with E-state index in [1.165, 1.54) is 0 Å². The highest BCUT2D eigenvalue weighted by Gasteiger charge is 2.18. The standard InChI is InChI=1S/C20H21N3O3/c1-14(19-12-15-4-2-3-5-18(15)26-19)22-20(24)17-13-16(6-7-21-17)23-8-10-25-11-9-23/h2-7,12-14H,8-11H2,1H3,(H,22,24)/t14-/m1/s1. The maximum atomic E-state index is 12.6. The smallest absolute Gasteiger partial charge is 0.270 e. The Morgan fingerprint density at radius 1 is 1.19 bits per heavy atom. The van der Waals surface area contributed by atoms with Gasteiger partial charge < -0.3 is 19.4 Å². The first-order chi connectivity index (χ1) is 12.7. The summed E-state index contributed by atoms with van der Waals surface area (Å²) in [5.41, 5.74) is 2.21. The Morgan fingerprint density at radius 3 is 2.81 bits per heavy atom. The molecule has 1 N–H and O–H groups in total. The van der Waals surface area contributed by atoms with Gasteiger partial charge in [-0.3, -0.25) is 9.78 Å². The Morgan fingerprint density at radius 2 is 2.00 bits per heavy atom. The van der Waals surface area contributed by atoms with Gasteiger partial charge in [-0.2, -0.15) is 0 Å². The molecule has 1 fully saturated rings. The Kier molecular flexibility index (Phi) is 4.58. The van der Waals surface area contributed by atoms with Crippen LogP contribution in [0.15, 0.2) is 53.1 Å². The molecule has 3 heterocycles. The quantitative estimate of drug-likeness (QED) is 0.782. The zero-order chi connectivity index (χ0) is 17.9. The number of furan rings is 1. The lowest BCUT2D eigenvalue weighted by Crippen LogP contribution is -2.36. The van der Waals surface area contributed by atoms with Crippen LogP contribution >= 0.6 is 0 Å². The van der Waals surface area contributed by atoms with Crippen LogP contribution in [0.5, 0.6) is 0 Å². The van der Waals surface area contributed by atoms with E-state index in [1.54, 1.807) is 6.20 Å². The van der Waals surface area contributed by atoms with E-state index in [0.717, 1.165) is 35.5 Å². The number of rotatable bonds is 4. The van der Waals surface area contributed by atoms with Crippen LogP contribution < -0.4 is 10.2 Å². The minimum atomic E-state index is -0.247. The van der Waals surface area contributed by atoms with Crippen molar-refractivity contribution in [2.75, 3.05) is 31.2 Å². The van der Waals surface area contributed by atoms with Gasteiger partial charge in [-0.05, 0) is 31.2 Å².